The Labute approximate surface area is 380 Å². The smallest absolute Gasteiger partial charge is 0.304 e. The molecule has 0 fully saturated rings. The first kappa shape index (κ1) is 39.5. The Balaban J connectivity index is 0.00000471. The Bertz CT molecular complexity index is 3240. The maximum atomic E-state index is 5.05. The van der Waals surface area contributed by atoms with Crippen molar-refractivity contribution in [3.63, 3.8) is 0 Å². The van der Waals surface area contributed by atoms with Crippen LogP contribution in [0.15, 0.2) is 219 Å². The van der Waals surface area contributed by atoms with E-state index in [1.54, 1.807) is 0 Å². The fourth-order valence-corrected chi connectivity index (χ4v) is 8.52. The van der Waals surface area contributed by atoms with Gasteiger partial charge in [-0.15, -0.1) is 107 Å². The molecule has 63 heavy (non-hydrogen) atoms. The van der Waals surface area contributed by atoms with Crippen molar-refractivity contribution in [1.29, 1.82) is 0 Å². The van der Waals surface area contributed by atoms with E-state index in [9.17, 15) is 0 Å². The third-order valence-corrected chi connectivity index (χ3v) is 11.6. The van der Waals surface area contributed by atoms with Gasteiger partial charge in [-0.25, -0.2) is 0 Å². The second kappa shape index (κ2) is 17.4. The molecule has 3 aromatic heterocycles. The first-order chi connectivity index (χ1) is 30.7. The zero-order chi connectivity index (χ0) is 41.2. The van der Waals surface area contributed by atoms with Crippen molar-refractivity contribution in [3.05, 3.63) is 237 Å². The maximum Gasteiger partial charge on any atom is 3.00 e. The van der Waals surface area contributed by atoms with Gasteiger partial charge in [-0.2, -0.15) is 0 Å². The van der Waals surface area contributed by atoms with Gasteiger partial charge in [0.05, 0.1) is 0 Å². The van der Waals surface area contributed by atoms with Crippen LogP contribution in [0, 0.1) is 18.2 Å². The summed E-state index contributed by atoms with van der Waals surface area (Å²) in [5.41, 5.74) is 17.8. The molecule has 11 aromatic rings. The van der Waals surface area contributed by atoms with Crippen molar-refractivity contribution in [2.75, 3.05) is 0 Å². The number of nitrogens with zero attached hydrogens (tertiary/aromatic N) is 3. The van der Waals surface area contributed by atoms with E-state index in [4.69, 9.17) is 15.0 Å². The van der Waals surface area contributed by atoms with E-state index in [0.29, 0.717) is 0 Å². The molecule has 3 heterocycles. The summed E-state index contributed by atoms with van der Waals surface area (Å²) in [6.07, 6.45) is 5.95. The molecule has 0 aliphatic carbocycles. The summed E-state index contributed by atoms with van der Waals surface area (Å²) in [6, 6.07) is 80.0. The largest absolute Gasteiger partial charge is 3.00 e. The van der Waals surface area contributed by atoms with Crippen molar-refractivity contribution in [1.82, 2.24) is 15.0 Å². The zero-order valence-corrected chi connectivity index (χ0v) is 36.4. The van der Waals surface area contributed by atoms with Gasteiger partial charge in [-0.05, 0) is 107 Å². The van der Waals surface area contributed by atoms with Gasteiger partial charge in [0.15, 0.2) is 0 Å². The molecule has 296 valence electrons. The Morgan fingerprint density at radius 1 is 0.302 bits per heavy atom. The Kier molecular flexibility index (Phi) is 10.9. The molecule has 11 rings (SSSR count). The van der Waals surface area contributed by atoms with Crippen LogP contribution in [-0.4, -0.2) is 15.0 Å². The van der Waals surface area contributed by atoms with Crippen LogP contribution in [0.3, 0.4) is 0 Å². The number of hydrogen-bond donors (Lipinski definition) is 0. The fraction of sp³-hybridized carbons (Fsp3) is 0. The van der Waals surface area contributed by atoms with Crippen LogP contribution in [0.4, 0.5) is 0 Å². The van der Waals surface area contributed by atoms with Crippen LogP contribution in [0.1, 0.15) is 0 Å². The van der Waals surface area contributed by atoms with Gasteiger partial charge in [-0.3, -0.25) is 0 Å². The summed E-state index contributed by atoms with van der Waals surface area (Å²) in [6.45, 7) is 0. The monoisotopic (exact) mass is 979 g/mol. The summed E-state index contributed by atoms with van der Waals surface area (Å²) in [5.74, 6) is 0. The van der Waals surface area contributed by atoms with E-state index in [1.807, 2.05) is 79.3 Å². The molecule has 0 aliphatic heterocycles. The average molecular weight is 979 g/mol. The number of pyridine rings is 3. The number of aromatic nitrogens is 3. The van der Waals surface area contributed by atoms with E-state index >= 15 is 0 Å². The second-order valence-electron chi connectivity index (χ2n) is 15.3. The third kappa shape index (κ3) is 7.79. The predicted molar refractivity (Wildman–Crippen MR) is 255 cm³/mol. The molecule has 0 N–H and O–H groups in total. The van der Waals surface area contributed by atoms with E-state index in [0.717, 1.165) is 111 Å². The van der Waals surface area contributed by atoms with Crippen LogP contribution in [0.2, 0.25) is 0 Å². The Hall–Kier alpha value is -7.62. The summed E-state index contributed by atoms with van der Waals surface area (Å²) >= 11 is 0. The molecule has 0 atom stereocenters. The number of fused-ring (bicyclic) bond motifs is 3. The van der Waals surface area contributed by atoms with Crippen molar-refractivity contribution >= 4 is 21.7 Å². The van der Waals surface area contributed by atoms with Crippen LogP contribution in [-0.2, 0) is 20.1 Å². The first-order valence-corrected chi connectivity index (χ1v) is 20.7. The normalized spacial score (nSPS) is 11.0. The van der Waals surface area contributed by atoms with Gasteiger partial charge in [0, 0.05) is 18.6 Å². The molecule has 3 nitrogen and oxygen atoms in total. The second-order valence-corrected chi connectivity index (χ2v) is 15.3. The van der Waals surface area contributed by atoms with Gasteiger partial charge in [0.2, 0.25) is 0 Å². The minimum Gasteiger partial charge on any atom is -0.304 e. The standard InChI is InChI=1S/C59H36N3.Ir/c1-3-16-41(17-4-1)57-31-29-44(37-60-57)50-20-9-11-22-52(50)46-34-47(53-23-12-10-21-51(53)45-30-32-58(61-38-45)42-18-5-2-6-19-42)36-48(35-46)54-24-13-14-25-55(54)49-33-43-28-27-40-15-7-8-26-56(40)59(43)62-39-49;/h1-16,18,20-25,27-39H;/q-3;+3. The summed E-state index contributed by atoms with van der Waals surface area (Å²) in [5, 5.41) is 3.25. The molecule has 0 spiro atoms. The Morgan fingerprint density at radius 3 is 1.19 bits per heavy atom. The topological polar surface area (TPSA) is 38.7 Å². The molecule has 8 aromatic carbocycles. The minimum atomic E-state index is 0. The van der Waals surface area contributed by atoms with E-state index in [1.165, 1.54) is 0 Å². The predicted octanol–water partition coefficient (Wildman–Crippen LogP) is 14.9. The molecule has 0 radical (unpaired) electrons. The quantitative estimate of drug-likeness (QED) is 0.112. The molecule has 0 saturated carbocycles. The van der Waals surface area contributed by atoms with E-state index in [2.05, 4.69) is 158 Å². The van der Waals surface area contributed by atoms with Gasteiger partial charge >= 0.3 is 20.1 Å². The van der Waals surface area contributed by atoms with Crippen LogP contribution >= 0.6 is 0 Å². The molecule has 0 aliphatic rings. The molecule has 4 heteroatoms. The average Bonchev–Trinajstić information content (AvgIpc) is 3.36. The van der Waals surface area contributed by atoms with Crippen LogP contribution in [0.5, 0.6) is 0 Å². The third-order valence-electron chi connectivity index (χ3n) is 11.6. The number of hydrogen-bond acceptors (Lipinski definition) is 3. The summed E-state index contributed by atoms with van der Waals surface area (Å²) in [7, 11) is 0. The van der Waals surface area contributed by atoms with Crippen LogP contribution in [0.25, 0.3) is 111 Å². The molecule has 0 saturated heterocycles. The van der Waals surface area contributed by atoms with E-state index < -0.39 is 0 Å². The van der Waals surface area contributed by atoms with Gasteiger partial charge in [0.1, 0.15) is 0 Å². The molecular weight excluding hydrogens is 943 g/mol. The molecule has 0 unspecified atom stereocenters. The molecule has 0 amide bonds. The van der Waals surface area contributed by atoms with Crippen molar-refractivity contribution in [2.45, 2.75) is 0 Å². The maximum absolute atomic E-state index is 5.05. The SMILES string of the molecule is [Ir+3].[c-]1ccccc1-c1ccc(-c2ccccc2-c2cc(-c3ccccc3-c3ccc(-c4[c-]cccc4)nc3)cc(-c3ccccc3-c3cnc4c(ccc5ccc[c-]c54)c3)c2)cn1. The summed E-state index contributed by atoms with van der Waals surface area (Å²) < 4.78 is 0. The van der Waals surface area contributed by atoms with Gasteiger partial charge < -0.3 is 15.0 Å². The molecular formula is C59H36IrN3. The number of rotatable bonds is 8. The number of benzene rings is 8. The molecule has 0 bridgehead atoms. The first-order valence-electron chi connectivity index (χ1n) is 20.7. The van der Waals surface area contributed by atoms with Crippen molar-refractivity contribution in [2.24, 2.45) is 0 Å². The van der Waals surface area contributed by atoms with Gasteiger partial charge in [0.25, 0.3) is 0 Å². The van der Waals surface area contributed by atoms with Crippen molar-refractivity contribution < 1.29 is 20.1 Å². The zero-order valence-electron chi connectivity index (χ0n) is 34.0. The summed E-state index contributed by atoms with van der Waals surface area (Å²) in [4.78, 5) is 14.8. The van der Waals surface area contributed by atoms with Crippen molar-refractivity contribution in [3.8, 4) is 89.3 Å². The van der Waals surface area contributed by atoms with Gasteiger partial charge in [-0.1, -0.05) is 115 Å². The minimum absolute atomic E-state index is 0. The fourth-order valence-electron chi connectivity index (χ4n) is 8.52. The Morgan fingerprint density at radius 2 is 0.730 bits per heavy atom. The van der Waals surface area contributed by atoms with E-state index in [-0.39, 0.29) is 20.1 Å². The van der Waals surface area contributed by atoms with Crippen LogP contribution < -0.4 is 0 Å².